The molecule has 1 aliphatic carbocycles. The maximum absolute atomic E-state index is 13.7. The highest BCUT2D eigenvalue weighted by Gasteiger charge is 2.53. The van der Waals surface area contributed by atoms with E-state index in [9.17, 15) is 23.5 Å². The quantitative estimate of drug-likeness (QED) is 0.665. The van der Waals surface area contributed by atoms with E-state index in [0.717, 1.165) is 6.07 Å². The zero-order chi connectivity index (χ0) is 25.4. The Labute approximate surface area is 203 Å². The number of phenols is 1. The second-order valence-electron chi connectivity index (χ2n) is 10.4. The lowest BCUT2D eigenvalue weighted by Crippen LogP contribution is -2.65. The van der Waals surface area contributed by atoms with Gasteiger partial charge >= 0.3 is 6.09 Å². The molecule has 0 radical (unpaired) electrons. The van der Waals surface area contributed by atoms with E-state index in [-0.39, 0.29) is 37.4 Å². The van der Waals surface area contributed by atoms with Gasteiger partial charge in [0.15, 0.2) is 11.6 Å². The third kappa shape index (κ3) is 5.59. The number of amides is 2. The molecule has 3 unspecified atom stereocenters. The Morgan fingerprint density at radius 2 is 2.11 bits per heavy atom. The number of likely N-dealkylation sites (tertiary alicyclic amines) is 1. The normalized spacial score (nSPS) is 27.1. The first-order valence-corrected chi connectivity index (χ1v) is 11.8. The topological polar surface area (TPSA) is 97.3 Å². The summed E-state index contributed by atoms with van der Waals surface area (Å²) < 4.78 is 44.7. The van der Waals surface area contributed by atoms with Crippen LogP contribution in [0.3, 0.4) is 0 Å². The van der Waals surface area contributed by atoms with Crippen LogP contribution in [0, 0.1) is 11.6 Å². The summed E-state index contributed by atoms with van der Waals surface area (Å²) in [5.41, 5.74) is -0.626. The Kier molecular flexibility index (Phi) is 7.06. The number of ether oxygens (including phenoxy) is 3. The van der Waals surface area contributed by atoms with Gasteiger partial charge in [-0.1, -0.05) is 6.08 Å². The Bertz CT molecular complexity index is 1020. The minimum absolute atomic E-state index is 0.0223. The van der Waals surface area contributed by atoms with Crippen molar-refractivity contribution in [3.05, 3.63) is 35.4 Å². The van der Waals surface area contributed by atoms with Crippen molar-refractivity contribution < 1.29 is 37.7 Å². The highest BCUT2D eigenvalue weighted by Crippen LogP contribution is 2.37. The van der Waals surface area contributed by atoms with Gasteiger partial charge in [-0.25, -0.2) is 13.6 Å². The van der Waals surface area contributed by atoms with Crippen LogP contribution in [0.5, 0.6) is 5.75 Å². The Morgan fingerprint density at radius 1 is 1.34 bits per heavy atom. The molecule has 1 aromatic rings. The molecule has 35 heavy (non-hydrogen) atoms. The first-order chi connectivity index (χ1) is 16.5. The number of halogens is 2. The van der Waals surface area contributed by atoms with Gasteiger partial charge in [-0.3, -0.25) is 4.79 Å². The molecule has 2 amide bonds. The predicted octanol–water partition coefficient (Wildman–Crippen LogP) is 3.52. The first kappa shape index (κ1) is 25.4. The summed E-state index contributed by atoms with van der Waals surface area (Å²) in [6.45, 7) is 6.19. The van der Waals surface area contributed by atoms with Crippen molar-refractivity contribution in [2.75, 3.05) is 26.4 Å². The van der Waals surface area contributed by atoms with Gasteiger partial charge in [0.25, 0.3) is 0 Å². The van der Waals surface area contributed by atoms with Crippen LogP contribution in [0.15, 0.2) is 18.2 Å². The van der Waals surface area contributed by atoms with Crippen molar-refractivity contribution in [2.45, 2.75) is 69.7 Å². The fourth-order valence-corrected chi connectivity index (χ4v) is 4.96. The molecule has 0 saturated carbocycles. The maximum atomic E-state index is 13.7. The Hall–Kier alpha value is -2.72. The van der Waals surface area contributed by atoms with E-state index < -0.39 is 40.7 Å². The summed E-state index contributed by atoms with van der Waals surface area (Å²) in [4.78, 5) is 26.6. The second-order valence-corrected chi connectivity index (χ2v) is 10.4. The number of nitrogens with zero attached hydrogens (tertiary/aromatic N) is 1. The molecular formula is C25H32F2N2O6. The molecule has 2 aliphatic heterocycles. The zero-order valence-corrected chi connectivity index (χ0v) is 20.2. The van der Waals surface area contributed by atoms with Crippen LogP contribution < -0.4 is 5.32 Å². The molecule has 2 saturated heterocycles. The van der Waals surface area contributed by atoms with E-state index in [1.54, 1.807) is 25.7 Å². The summed E-state index contributed by atoms with van der Waals surface area (Å²) in [5.74, 6) is -2.55. The maximum Gasteiger partial charge on any atom is 0.410 e. The van der Waals surface area contributed by atoms with E-state index in [1.807, 2.05) is 6.08 Å². The van der Waals surface area contributed by atoms with Gasteiger partial charge in [-0.05, 0) is 58.1 Å². The Morgan fingerprint density at radius 3 is 2.77 bits per heavy atom. The predicted molar refractivity (Wildman–Crippen MR) is 123 cm³/mol. The summed E-state index contributed by atoms with van der Waals surface area (Å²) >= 11 is 0. The lowest BCUT2D eigenvalue weighted by atomic mass is 9.89. The van der Waals surface area contributed by atoms with E-state index in [2.05, 4.69) is 5.32 Å². The number of hydrogen-bond acceptors (Lipinski definition) is 6. The molecule has 8 nitrogen and oxygen atoms in total. The number of hydrogen-bond donors (Lipinski definition) is 2. The second kappa shape index (κ2) is 9.73. The number of carbonyl (C=O) groups excluding carboxylic acids is 2. The van der Waals surface area contributed by atoms with E-state index in [4.69, 9.17) is 14.2 Å². The zero-order valence-electron chi connectivity index (χ0n) is 20.2. The molecule has 10 heteroatoms. The van der Waals surface area contributed by atoms with Crippen LogP contribution in [-0.2, 0) is 19.0 Å². The summed E-state index contributed by atoms with van der Waals surface area (Å²) in [6, 6.07) is 1.29. The first-order valence-electron chi connectivity index (χ1n) is 11.8. The fourth-order valence-electron chi connectivity index (χ4n) is 4.96. The number of nitrogens with one attached hydrogen (secondary N) is 1. The van der Waals surface area contributed by atoms with Crippen molar-refractivity contribution in [3.8, 4) is 5.75 Å². The summed E-state index contributed by atoms with van der Waals surface area (Å²) in [7, 11) is 0. The van der Waals surface area contributed by atoms with Crippen LogP contribution >= 0.6 is 0 Å². The summed E-state index contributed by atoms with van der Waals surface area (Å²) in [5, 5.41) is 13.0. The molecule has 0 bridgehead atoms. The van der Waals surface area contributed by atoms with Gasteiger partial charge in [0.2, 0.25) is 5.91 Å². The average molecular weight is 495 g/mol. The van der Waals surface area contributed by atoms with Gasteiger partial charge < -0.3 is 29.5 Å². The number of rotatable bonds is 4. The standard InChI is InChI=1S/C25H32F2N2O6/c1-24(2,3)35-23(32)29-9-8-25(14-33-13-21(30)28-25)20(29)12-34-17-6-4-15(5-7-17)18-10-16(26)11-19(27)22(18)31/h4,10-11,17,20,31H,5-9,12-14H2,1-3H3,(H,28,30). The molecule has 1 spiro atoms. The number of morpholine rings is 1. The minimum Gasteiger partial charge on any atom is -0.504 e. The molecule has 2 N–H and O–H groups in total. The van der Waals surface area contributed by atoms with Gasteiger partial charge in [0.05, 0.1) is 30.9 Å². The monoisotopic (exact) mass is 494 g/mol. The van der Waals surface area contributed by atoms with Crippen LogP contribution in [0.1, 0.15) is 52.0 Å². The third-order valence-corrected chi connectivity index (χ3v) is 6.65. The molecule has 3 aliphatic rings. The van der Waals surface area contributed by atoms with Crippen molar-refractivity contribution in [1.82, 2.24) is 10.2 Å². The van der Waals surface area contributed by atoms with Crippen LogP contribution in [0.2, 0.25) is 0 Å². The molecule has 3 atom stereocenters. The highest BCUT2D eigenvalue weighted by molar-refractivity contribution is 5.79. The van der Waals surface area contributed by atoms with E-state index in [0.29, 0.717) is 43.9 Å². The third-order valence-electron chi connectivity index (χ3n) is 6.65. The van der Waals surface area contributed by atoms with E-state index >= 15 is 0 Å². The molecular weight excluding hydrogens is 462 g/mol. The highest BCUT2D eigenvalue weighted by atomic mass is 19.1. The molecule has 1 aromatic carbocycles. The molecule has 192 valence electrons. The minimum atomic E-state index is -0.996. The van der Waals surface area contributed by atoms with Crippen LogP contribution in [0.4, 0.5) is 13.6 Å². The number of phenolic OH excluding ortho intramolecular Hbond substituents is 1. The fraction of sp³-hybridized carbons (Fsp3) is 0.600. The summed E-state index contributed by atoms with van der Waals surface area (Å²) in [6.07, 6.45) is 3.16. The molecule has 4 rings (SSSR count). The molecule has 2 heterocycles. The van der Waals surface area contributed by atoms with Crippen molar-refractivity contribution in [1.29, 1.82) is 0 Å². The van der Waals surface area contributed by atoms with Crippen LogP contribution in [-0.4, -0.2) is 71.7 Å². The number of carbonyl (C=O) groups is 2. The SMILES string of the molecule is CC(C)(C)OC(=O)N1CCC2(COCC(=O)N2)C1COC1CC=C(c2cc(F)cc(F)c2O)CC1. The number of benzene rings is 1. The van der Waals surface area contributed by atoms with Crippen molar-refractivity contribution in [2.24, 2.45) is 0 Å². The molecule has 2 fully saturated rings. The van der Waals surface area contributed by atoms with E-state index in [1.165, 1.54) is 0 Å². The van der Waals surface area contributed by atoms with Gasteiger partial charge in [-0.2, -0.15) is 0 Å². The number of allylic oxidation sites excluding steroid dienone is 1. The molecule has 0 aromatic heterocycles. The smallest absolute Gasteiger partial charge is 0.410 e. The Balaban J connectivity index is 1.46. The van der Waals surface area contributed by atoms with Crippen molar-refractivity contribution in [3.63, 3.8) is 0 Å². The lowest BCUT2D eigenvalue weighted by molar-refractivity contribution is -0.137. The average Bonchev–Trinajstić information content (AvgIpc) is 3.11. The van der Waals surface area contributed by atoms with Gasteiger partial charge in [0.1, 0.15) is 18.0 Å². The van der Waals surface area contributed by atoms with Crippen LogP contribution in [0.25, 0.3) is 5.57 Å². The van der Waals surface area contributed by atoms with Crippen molar-refractivity contribution >= 4 is 17.6 Å². The van der Waals surface area contributed by atoms with Gasteiger partial charge in [0, 0.05) is 18.2 Å². The largest absolute Gasteiger partial charge is 0.504 e. The van der Waals surface area contributed by atoms with Gasteiger partial charge in [-0.15, -0.1) is 0 Å². The lowest BCUT2D eigenvalue weighted by Gasteiger charge is -2.41. The number of aromatic hydroxyl groups is 1.